The number of phenolic OH excluding ortho intramolecular Hbond substituents is 3. The quantitative estimate of drug-likeness (QED) is 0.175. The lowest BCUT2D eigenvalue weighted by Crippen LogP contribution is -2.65. The summed E-state index contributed by atoms with van der Waals surface area (Å²) in [5.74, 6) is -6.75. The summed E-state index contributed by atoms with van der Waals surface area (Å²) in [4.78, 5) is 41.8. The molecule has 0 radical (unpaired) electrons. The summed E-state index contributed by atoms with van der Waals surface area (Å²) in [7, 11) is 1.19. The van der Waals surface area contributed by atoms with Crippen molar-refractivity contribution in [2.45, 2.75) is 152 Å². The molecule has 0 bridgehead atoms. The van der Waals surface area contributed by atoms with Crippen LogP contribution < -0.4 is 0 Å². The third-order valence-corrected chi connectivity index (χ3v) is 12.6. The number of aliphatic hydroxyl groups excluding tert-OH is 4. The van der Waals surface area contributed by atoms with Crippen molar-refractivity contribution in [1.29, 1.82) is 0 Å². The highest BCUT2D eigenvalue weighted by Crippen LogP contribution is 2.53. The number of Topliss-reactive ketones (excluding diaryl/α,β-unsaturated/α-hetero) is 3. The van der Waals surface area contributed by atoms with Crippen LogP contribution in [0.2, 0.25) is 0 Å². The molecule has 0 spiro atoms. The van der Waals surface area contributed by atoms with Crippen molar-refractivity contribution in [3.63, 3.8) is 0 Å². The Labute approximate surface area is 338 Å². The molecule has 7 rings (SSSR count). The number of hydrogen-bond donors (Lipinski definition) is 8. The number of carbonyl (C=O) groups excluding carboxylic acids is 3. The molecule has 0 amide bonds. The minimum Gasteiger partial charge on any atom is -0.508 e. The standard InChI is InChI=1S/C41H52O18/c1-14-22(43)10-20-8-19-9-21-36(53-7)35(48)28(15(2)42)38(50)41(21,39(51)30(19)34(47)29(20)31(14)44)59-26-12-24(33(46)17(4)55-26)57-25-11-23(32(45)16(3)54-25)58-27-13-40(6,52)37(49)18(5)56-27/h8,10,16-18,21,23-27,32-33,36-37,43-47,49-50,52H,9,11-13H2,1-7H3. The summed E-state index contributed by atoms with van der Waals surface area (Å²) in [6.07, 6.45) is -14.3. The van der Waals surface area contributed by atoms with E-state index < -0.39 is 131 Å². The number of carbonyl (C=O) groups is 3. The van der Waals surface area contributed by atoms with Gasteiger partial charge in [-0.25, -0.2) is 0 Å². The lowest BCUT2D eigenvalue weighted by molar-refractivity contribution is -0.337. The molecular weight excluding hydrogens is 780 g/mol. The number of aromatic hydroxyl groups is 3. The van der Waals surface area contributed by atoms with Gasteiger partial charge in [0.1, 0.15) is 53.0 Å². The van der Waals surface area contributed by atoms with Crippen molar-refractivity contribution in [3.05, 3.63) is 40.2 Å². The Kier molecular flexibility index (Phi) is 11.4. The lowest BCUT2D eigenvalue weighted by Gasteiger charge is -2.50. The molecule has 2 aromatic rings. The Morgan fingerprint density at radius 3 is 2.02 bits per heavy atom. The van der Waals surface area contributed by atoms with Gasteiger partial charge < -0.3 is 74.0 Å². The van der Waals surface area contributed by atoms with E-state index in [2.05, 4.69) is 0 Å². The van der Waals surface area contributed by atoms with Crippen LogP contribution in [0, 0.1) is 12.8 Å². The largest absolute Gasteiger partial charge is 0.508 e. The smallest absolute Gasteiger partial charge is 0.207 e. The number of ether oxygens (including phenoxy) is 7. The molecule has 8 N–H and O–H groups in total. The summed E-state index contributed by atoms with van der Waals surface area (Å²) >= 11 is 0. The predicted octanol–water partition coefficient (Wildman–Crippen LogP) is 1.38. The molecule has 324 valence electrons. The lowest BCUT2D eigenvalue weighted by atomic mass is 9.62. The molecule has 2 aromatic carbocycles. The van der Waals surface area contributed by atoms with Crippen LogP contribution in [-0.2, 0) is 49.2 Å². The average Bonchev–Trinajstić information content (AvgIpc) is 3.14. The van der Waals surface area contributed by atoms with Crippen LogP contribution in [-0.4, -0.2) is 150 Å². The normalized spacial score (nSPS) is 40.2. The molecular formula is C41H52O18. The zero-order valence-corrected chi connectivity index (χ0v) is 33.6. The van der Waals surface area contributed by atoms with Crippen molar-refractivity contribution < 1.29 is 88.4 Å². The van der Waals surface area contributed by atoms with Crippen LogP contribution >= 0.6 is 0 Å². The molecule has 3 fully saturated rings. The van der Waals surface area contributed by atoms with Crippen molar-refractivity contribution >= 4 is 28.1 Å². The number of fused-ring (bicyclic) bond motifs is 3. The molecule has 18 nitrogen and oxygen atoms in total. The Hall–Kier alpha value is -3.79. The number of ketones is 3. The molecule has 0 saturated carbocycles. The van der Waals surface area contributed by atoms with Gasteiger partial charge in [0.05, 0.1) is 47.1 Å². The van der Waals surface area contributed by atoms with Crippen LogP contribution in [0.3, 0.4) is 0 Å². The van der Waals surface area contributed by atoms with E-state index >= 15 is 4.79 Å². The first-order valence-electron chi connectivity index (χ1n) is 19.6. The van der Waals surface area contributed by atoms with Gasteiger partial charge in [-0.15, -0.1) is 0 Å². The fourth-order valence-electron chi connectivity index (χ4n) is 9.31. The van der Waals surface area contributed by atoms with Crippen molar-refractivity contribution in [2.75, 3.05) is 7.11 Å². The second-order valence-electron chi connectivity index (χ2n) is 16.6. The Balaban J connectivity index is 1.22. The highest BCUT2D eigenvalue weighted by molar-refractivity contribution is 6.25. The molecule has 3 saturated heterocycles. The van der Waals surface area contributed by atoms with E-state index in [1.165, 1.54) is 40.0 Å². The molecule has 59 heavy (non-hydrogen) atoms. The maximum absolute atomic E-state index is 15.1. The fraction of sp³-hybridized carbons (Fsp3) is 0.634. The summed E-state index contributed by atoms with van der Waals surface area (Å²) in [5.41, 5.74) is -5.08. The summed E-state index contributed by atoms with van der Waals surface area (Å²) < 4.78 is 42.2. The van der Waals surface area contributed by atoms with E-state index in [9.17, 15) is 50.4 Å². The zero-order valence-electron chi connectivity index (χ0n) is 33.6. The SMILES string of the molecule is COC1C(=O)C(C(C)=O)=C(O)C2(OC3CC(OC4CC(OC5CC(C)(O)C(O)C(C)O5)C(O)C(C)O4)C(O)C(C)O3)C(=O)c3c(cc4cc(O)c(C)c(O)c4c3O)CC12. The minimum atomic E-state index is -2.60. The van der Waals surface area contributed by atoms with Crippen LogP contribution in [0.25, 0.3) is 10.8 Å². The first-order chi connectivity index (χ1) is 27.6. The molecule has 15 unspecified atom stereocenters. The molecule has 3 heterocycles. The van der Waals surface area contributed by atoms with E-state index in [1.54, 1.807) is 13.8 Å². The van der Waals surface area contributed by atoms with E-state index in [4.69, 9.17) is 33.2 Å². The molecule has 0 aromatic heterocycles. The molecule has 3 aliphatic heterocycles. The molecule has 5 aliphatic rings. The number of phenols is 3. The first-order valence-corrected chi connectivity index (χ1v) is 19.6. The highest BCUT2D eigenvalue weighted by atomic mass is 16.7. The zero-order chi connectivity index (χ0) is 43.2. The van der Waals surface area contributed by atoms with Crippen LogP contribution in [0.4, 0.5) is 0 Å². The monoisotopic (exact) mass is 832 g/mol. The van der Waals surface area contributed by atoms with Crippen LogP contribution in [0.1, 0.15) is 75.4 Å². The maximum Gasteiger partial charge on any atom is 0.207 e. The second-order valence-corrected chi connectivity index (χ2v) is 16.6. The van der Waals surface area contributed by atoms with Gasteiger partial charge in [0.2, 0.25) is 5.78 Å². The molecule has 15 atom stereocenters. The van der Waals surface area contributed by atoms with E-state index in [1.807, 2.05) is 0 Å². The number of methoxy groups -OCH3 is 1. The van der Waals surface area contributed by atoms with Crippen molar-refractivity contribution in [3.8, 4) is 17.2 Å². The Bertz CT molecular complexity index is 2060. The Morgan fingerprint density at radius 1 is 0.847 bits per heavy atom. The maximum atomic E-state index is 15.1. The van der Waals surface area contributed by atoms with Crippen LogP contribution in [0.15, 0.2) is 23.5 Å². The summed E-state index contributed by atoms with van der Waals surface area (Å²) in [6, 6.07) is 2.75. The third kappa shape index (κ3) is 7.11. The summed E-state index contributed by atoms with van der Waals surface area (Å²) in [5, 5.41) is 88.5. The van der Waals surface area contributed by atoms with E-state index in [0.717, 1.165) is 6.92 Å². The van der Waals surface area contributed by atoms with Gasteiger partial charge in [-0.05, 0) is 71.0 Å². The van der Waals surface area contributed by atoms with Gasteiger partial charge in [-0.2, -0.15) is 0 Å². The van der Waals surface area contributed by atoms with Crippen LogP contribution in [0.5, 0.6) is 17.2 Å². The van der Waals surface area contributed by atoms with E-state index in [0.29, 0.717) is 0 Å². The fourth-order valence-corrected chi connectivity index (χ4v) is 9.31. The second kappa shape index (κ2) is 15.6. The first kappa shape index (κ1) is 43.3. The minimum absolute atomic E-state index is 0.0204. The van der Waals surface area contributed by atoms with Gasteiger partial charge in [0.25, 0.3) is 0 Å². The van der Waals surface area contributed by atoms with Crippen molar-refractivity contribution in [1.82, 2.24) is 0 Å². The number of hydrogen-bond acceptors (Lipinski definition) is 18. The van der Waals surface area contributed by atoms with Crippen molar-refractivity contribution in [2.24, 2.45) is 5.92 Å². The van der Waals surface area contributed by atoms with Gasteiger partial charge in [-0.1, -0.05) is 0 Å². The van der Waals surface area contributed by atoms with E-state index in [-0.39, 0.29) is 58.9 Å². The third-order valence-electron chi connectivity index (χ3n) is 12.6. The highest BCUT2D eigenvalue weighted by Gasteiger charge is 2.65. The Morgan fingerprint density at radius 2 is 1.42 bits per heavy atom. The van der Waals surface area contributed by atoms with Gasteiger partial charge in [0, 0.05) is 37.9 Å². The predicted molar refractivity (Wildman–Crippen MR) is 200 cm³/mol. The number of aliphatic hydroxyl groups is 5. The van der Waals surface area contributed by atoms with Gasteiger partial charge >= 0.3 is 0 Å². The molecule has 2 aliphatic carbocycles. The van der Waals surface area contributed by atoms with Gasteiger partial charge in [0.15, 0.2) is 36.0 Å². The topological polar surface area (TPSA) is 278 Å². The average molecular weight is 833 g/mol. The van der Waals surface area contributed by atoms with Gasteiger partial charge in [-0.3, -0.25) is 14.4 Å². The number of benzene rings is 2. The number of rotatable bonds is 8. The molecule has 18 heteroatoms. The summed E-state index contributed by atoms with van der Waals surface area (Å²) in [6.45, 7) is 8.55.